The molecule has 4 nitrogen and oxygen atoms in total. The number of fused-ring (bicyclic) bond motifs is 1. The van der Waals surface area contributed by atoms with Crippen molar-refractivity contribution in [3.05, 3.63) is 75.1 Å². The number of thiazole rings is 1. The van der Waals surface area contributed by atoms with E-state index in [2.05, 4.69) is 41.6 Å². The summed E-state index contributed by atoms with van der Waals surface area (Å²) in [6.07, 6.45) is 0.817. The SMILES string of the molecule is Cc1cccc(Cc2csc(-c3cccc4c3[nH]c(=O)n4C(C)C)n2)c1. The number of aromatic amines is 1. The van der Waals surface area contributed by atoms with E-state index in [1.807, 2.05) is 32.0 Å². The zero-order chi connectivity index (χ0) is 18.3. The van der Waals surface area contributed by atoms with Crippen molar-refractivity contribution in [2.24, 2.45) is 0 Å². The fourth-order valence-electron chi connectivity index (χ4n) is 3.38. The van der Waals surface area contributed by atoms with Gasteiger partial charge in [-0.15, -0.1) is 11.3 Å². The number of hydrogen-bond acceptors (Lipinski definition) is 3. The zero-order valence-electron chi connectivity index (χ0n) is 15.1. The maximum absolute atomic E-state index is 12.3. The average molecular weight is 363 g/mol. The van der Waals surface area contributed by atoms with Gasteiger partial charge >= 0.3 is 5.69 Å². The molecule has 26 heavy (non-hydrogen) atoms. The maximum atomic E-state index is 12.3. The number of aromatic nitrogens is 3. The molecule has 0 fully saturated rings. The number of benzene rings is 2. The Balaban J connectivity index is 1.74. The van der Waals surface area contributed by atoms with Crippen LogP contribution in [0.4, 0.5) is 0 Å². The standard InChI is InChI=1S/C21H21N3OS/c1-13(2)24-18-9-5-8-17(19(18)23-21(24)25)20-22-16(12-26-20)11-15-7-4-6-14(3)10-15/h4-10,12-13H,11H2,1-3H3,(H,23,25). The molecule has 2 heterocycles. The quantitative estimate of drug-likeness (QED) is 0.559. The fraction of sp³-hybridized carbons (Fsp3) is 0.238. The molecule has 1 N–H and O–H groups in total. The molecule has 0 atom stereocenters. The highest BCUT2D eigenvalue weighted by atomic mass is 32.1. The van der Waals surface area contributed by atoms with Gasteiger partial charge in [-0.3, -0.25) is 4.57 Å². The molecular formula is C21H21N3OS. The third-order valence-electron chi connectivity index (χ3n) is 4.52. The van der Waals surface area contributed by atoms with Gasteiger partial charge in [0.25, 0.3) is 0 Å². The normalized spacial score (nSPS) is 11.5. The molecular weight excluding hydrogens is 342 g/mol. The van der Waals surface area contributed by atoms with Gasteiger partial charge in [-0.1, -0.05) is 35.9 Å². The number of hydrogen-bond donors (Lipinski definition) is 1. The minimum absolute atomic E-state index is 0.0704. The first kappa shape index (κ1) is 16.8. The van der Waals surface area contributed by atoms with Crippen molar-refractivity contribution in [1.82, 2.24) is 14.5 Å². The van der Waals surface area contributed by atoms with Gasteiger partial charge < -0.3 is 4.98 Å². The summed E-state index contributed by atoms with van der Waals surface area (Å²) < 4.78 is 1.79. The van der Waals surface area contributed by atoms with Crippen molar-refractivity contribution < 1.29 is 0 Å². The van der Waals surface area contributed by atoms with Crippen LogP contribution in [0.3, 0.4) is 0 Å². The van der Waals surface area contributed by atoms with Gasteiger partial charge in [0.05, 0.1) is 16.7 Å². The van der Waals surface area contributed by atoms with E-state index in [-0.39, 0.29) is 11.7 Å². The molecule has 0 spiro atoms. The maximum Gasteiger partial charge on any atom is 0.326 e. The third-order valence-corrected chi connectivity index (χ3v) is 5.44. The Hall–Kier alpha value is -2.66. The molecule has 132 valence electrons. The van der Waals surface area contributed by atoms with Crippen molar-refractivity contribution >= 4 is 22.4 Å². The van der Waals surface area contributed by atoms with Crippen LogP contribution in [-0.2, 0) is 6.42 Å². The number of H-pyrrole nitrogens is 1. The second-order valence-electron chi connectivity index (χ2n) is 6.90. The average Bonchev–Trinajstić information content (AvgIpc) is 3.17. The van der Waals surface area contributed by atoms with Gasteiger partial charge in [0, 0.05) is 23.4 Å². The van der Waals surface area contributed by atoms with E-state index < -0.39 is 0 Å². The predicted octanol–water partition coefficient (Wildman–Crippen LogP) is 4.93. The molecule has 0 aliphatic carbocycles. The monoisotopic (exact) mass is 363 g/mol. The number of rotatable bonds is 4. The minimum Gasteiger partial charge on any atom is -0.305 e. The second-order valence-corrected chi connectivity index (χ2v) is 7.76. The van der Waals surface area contributed by atoms with Crippen LogP contribution in [0.15, 0.2) is 52.6 Å². The molecule has 0 saturated carbocycles. The molecule has 0 amide bonds. The number of para-hydroxylation sites is 1. The molecule has 0 aliphatic heterocycles. The van der Waals surface area contributed by atoms with E-state index in [1.165, 1.54) is 11.1 Å². The lowest BCUT2D eigenvalue weighted by atomic mass is 10.1. The van der Waals surface area contributed by atoms with Crippen molar-refractivity contribution in [3.63, 3.8) is 0 Å². The first-order chi connectivity index (χ1) is 12.5. The fourth-order valence-corrected chi connectivity index (χ4v) is 4.23. The highest BCUT2D eigenvalue weighted by Crippen LogP contribution is 2.30. The molecule has 0 bridgehead atoms. The van der Waals surface area contributed by atoms with E-state index >= 15 is 0 Å². The van der Waals surface area contributed by atoms with Crippen LogP contribution in [0.5, 0.6) is 0 Å². The Morgan fingerprint density at radius 1 is 1.19 bits per heavy atom. The van der Waals surface area contributed by atoms with Gasteiger partial charge in [0.1, 0.15) is 5.01 Å². The summed E-state index contributed by atoms with van der Waals surface area (Å²) >= 11 is 1.62. The van der Waals surface area contributed by atoms with E-state index in [4.69, 9.17) is 4.98 Å². The predicted molar refractivity (Wildman–Crippen MR) is 108 cm³/mol. The Bertz CT molecular complexity index is 1130. The van der Waals surface area contributed by atoms with Crippen molar-refractivity contribution in [1.29, 1.82) is 0 Å². The molecule has 5 heteroatoms. The molecule has 4 rings (SSSR count). The minimum atomic E-state index is -0.0704. The van der Waals surface area contributed by atoms with Crippen molar-refractivity contribution in [3.8, 4) is 10.6 Å². The summed E-state index contributed by atoms with van der Waals surface area (Å²) in [5.74, 6) is 0. The van der Waals surface area contributed by atoms with Crippen molar-refractivity contribution in [2.75, 3.05) is 0 Å². The highest BCUT2D eigenvalue weighted by Gasteiger charge is 2.15. The largest absolute Gasteiger partial charge is 0.326 e. The molecule has 2 aromatic carbocycles. The summed E-state index contributed by atoms with van der Waals surface area (Å²) in [6, 6.07) is 14.6. The van der Waals surface area contributed by atoms with Crippen LogP contribution in [0.1, 0.15) is 36.7 Å². The van der Waals surface area contributed by atoms with E-state index in [0.29, 0.717) is 0 Å². The smallest absolute Gasteiger partial charge is 0.305 e. The number of nitrogens with one attached hydrogen (secondary N) is 1. The van der Waals surface area contributed by atoms with Gasteiger partial charge in [-0.05, 0) is 38.5 Å². The second kappa shape index (κ2) is 6.57. The number of nitrogens with zero attached hydrogens (tertiary/aromatic N) is 2. The van der Waals surface area contributed by atoms with Gasteiger partial charge in [0.2, 0.25) is 0 Å². The highest BCUT2D eigenvalue weighted by molar-refractivity contribution is 7.13. The van der Waals surface area contributed by atoms with Crippen LogP contribution < -0.4 is 5.69 Å². The summed E-state index contributed by atoms with van der Waals surface area (Å²) in [6.45, 7) is 6.14. The van der Waals surface area contributed by atoms with Gasteiger partial charge in [0.15, 0.2) is 0 Å². The van der Waals surface area contributed by atoms with Crippen molar-refractivity contribution in [2.45, 2.75) is 33.2 Å². The molecule has 0 aliphatic rings. The molecule has 0 unspecified atom stereocenters. The Morgan fingerprint density at radius 2 is 2.00 bits per heavy atom. The summed E-state index contributed by atoms with van der Waals surface area (Å²) in [5, 5.41) is 3.05. The zero-order valence-corrected chi connectivity index (χ0v) is 15.9. The first-order valence-electron chi connectivity index (χ1n) is 8.76. The lowest BCUT2D eigenvalue weighted by molar-refractivity contribution is 0.598. The third kappa shape index (κ3) is 2.99. The topological polar surface area (TPSA) is 50.7 Å². The van der Waals surface area contributed by atoms with E-state index in [0.717, 1.165) is 33.7 Å². The van der Waals surface area contributed by atoms with Gasteiger partial charge in [-0.2, -0.15) is 0 Å². The number of imidazole rings is 1. The lowest BCUT2D eigenvalue weighted by Gasteiger charge is -2.07. The lowest BCUT2D eigenvalue weighted by Crippen LogP contribution is -2.18. The molecule has 4 aromatic rings. The Kier molecular flexibility index (Phi) is 4.24. The summed E-state index contributed by atoms with van der Waals surface area (Å²) in [4.78, 5) is 20.2. The van der Waals surface area contributed by atoms with Crippen LogP contribution in [0.25, 0.3) is 21.6 Å². The van der Waals surface area contributed by atoms with Crippen LogP contribution in [-0.4, -0.2) is 14.5 Å². The summed E-state index contributed by atoms with van der Waals surface area (Å²) in [7, 11) is 0. The van der Waals surface area contributed by atoms with E-state index in [9.17, 15) is 4.79 Å². The Morgan fingerprint density at radius 3 is 2.77 bits per heavy atom. The Labute approximate surface area is 156 Å². The van der Waals surface area contributed by atoms with E-state index in [1.54, 1.807) is 15.9 Å². The number of aryl methyl sites for hydroxylation is 1. The molecule has 2 aromatic heterocycles. The molecule has 0 radical (unpaired) electrons. The van der Waals surface area contributed by atoms with Crippen LogP contribution >= 0.6 is 11.3 Å². The van der Waals surface area contributed by atoms with Crippen LogP contribution in [0.2, 0.25) is 0 Å². The van der Waals surface area contributed by atoms with Crippen LogP contribution in [0, 0.1) is 6.92 Å². The first-order valence-corrected chi connectivity index (χ1v) is 9.64. The summed E-state index contributed by atoms with van der Waals surface area (Å²) in [5.41, 5.74) is 6.28. The molecule has 0 saturated heterocycles. The van der Waals surface area contributed by atoms with Gasteiger partial charge in [-0.25, -0.2) is 9.78 Å².